The molecule has 2 N–H and O–H groups in total. The number of nitrogens with one attached hydrogen (secondary N) is 2. The average molecular weight is 259 g/mol. The second-order valence-corrected chi connectivity index (χ2v) is 4.76. The van der Waals surface area contributed by atoms with E-state index in [0.717, 1.165) is 36.1 Å². The van der Waals surface area contributed by atoms with Crippen LogP contribution in [-0.2, 0) is 11.3 Å². The Bertz CT molecular complexity index is 629. The van der Waals surface area contributed by atoms with Crippen LogP contribution in [0.4, 0.5) is 11.6 Å². The first kappa shape index (κ1) is 12.0. The van der Waals surface area contributed by atoms with Crippen LogP contribution in [0.25, 0.3) is 10.9 Å². The summed E-state index contributed by atoms with van der Waals surface area (Å²) in [6, 6.07) is 1.88. The quantitative estimate of drug-likeness (QED) is 0.878. The van der Waals surface area contributed by atoms with Crippen LogP contribution in [-0.4, -0.2) is 27.7 Å². The highest BCUT2D eigenvalue weighted by atomic mass is 16.2. The van der Waals surface area contributed by atoms with E-state index in [1.807, 2.05) is 24.7 Å². The third kappa shape index (κ3) is 2.14. The molecule has 0 aromatic carbocycles. The topological polar surface area (TPSA) is 71.8 Å². The van der Waals surface area contributed by atoms with Crippen molar-refractivity contribution in [3.8, 4) is 0 Å². The normalized spacial score (nSPS) is 14.6. The van der Waals surface area contributed by atoms with Crippen LogP contribution in [0.1, 0.15) is 19.8 Å². The van der Waals surface area contributed by atoms with Gasteiger partial charge in [0.1, 0.15) is 5.82 Å². The predicted octanol–water partition coefficient (Wildman–Crippen LogP) is 1.84. The summed E-state index contributed by atoms with van der Waals surface area (Å²) in [6.45, 7) is 2.81. The lowest BCUT2D eigenvalue weighted by Crippen LogP contribution is -2.14. The summed E-state index contributed by atoms with van der Waals surface area (Å²) in [5, 5.41) is 11.3. The summed E-state index contributed by atoms with van der Waals surface area (Å²) in [5.41, 5.74) is 0.980. The maximum atomic E-state index is 11.7. The maximum absolute atomic E-state index is 11.7. The number of nitrogens with zero attached hydrogens (tertiary/aromatic N) is 3. The number of anilines is 2. The van der Waals surface area contributed by atoms with Crippen molar-refractivity contribution in [1.29, 1.82) is 0 Å². The first-order chi connectivity index (χ1) is 9.22. The molecular formula is C13H17N5O. The molecule has 1 amide bonds. The molecule has 0 radical (unpaired) electrons. The Morgan fingerprint density at radius 1 is 1.53 bits per heavy atom. The van der Waals surface area contributed by atoms with Crippen molar-refractivity contribution in [2.24, 2.45) is 5.92 Å². The number of rotatable bonds is 4. The van der Waals surface area contributed by atoms with Crippen LogP contribution in [0.15, 0.2) is 12.3 Å². The van der Waals surface area contributed by atoms with E-state index in [1.54, 1.807) is 6.20 Å². The van der Waals surface area contributed by atoms with Crippen molar-refractivity contribution in [2.75, 3.05) is 17.7 Å². The Balaban J connectivity index is 1.96. The van der Waals surface area contributed by atoms with Gasteiger partial charge in [-0.2, -0.15) is 5.10 Å². The molecule has 2 aromatic rings. The molecular weight excluding hydrogens is 242 g/mol. The Morgan fingerprint density at radius 2 is 2.32 bits per heavy atom. The van der Waals surface area contributed by atoms with Gasteiger partial charge in [-0.25, -0.2) is 4.98 Å². The van der Waals surface area contributed by atoms with Crippen molar-refractivity contribution in [3.05, 3.63) is 12.3 Å². The first-order valence-corrected chi connectivity index (χ1v) is 6.58. The second-order valence-electron chi connectivity index (χ2n) is 4.76. The lowest BCUT2D eigenvalue weighted by atomic mass is 10.3. The number of aryl methyl sites for hydroxylation is 1. The molecule has 0 unspecified atom stereocenters. The van der Waals surface area contributed by atoms with Gasteiger partial charge in [0.25, 0.3) is 0 Å². The van der Waals surface area contributed by atoms with E-state index in [-0.39, 0.29) is 11.8 Å². The highest BCUT2D eigenvalue weighted by molar-refractivity contribution is 5.96. The number of fused-ring (bicyclic) bond motifs is 1. The Morgan fingerprint density at radius 3 is 2.95 bits per heavy atom. The number of hydrogen-bond donors (Lipinski definition) is 2. The molecule has 1 aliphatic carbocycles. The minimum Gasteiger partial charge on any atom is -0.371 e. The van der Waals surface area contributed by atoms with Gasteiger partial charge in [0.2, 0.25) is 5.91 Å². The molecule has 1 saturated carbocycles. The molecule has 0 aliphatic heterocycles. The summed E-state index contributed by atoms with van der Waals surface area (Å²) < 4.78 is 1.90. The van der Waals surface area contributed by atoms with Crippen molar-refractivity contribution in [2.45, 2.75) is 26.3 Å². The summed E-state index contributed by atoms with van der Waals surface area (Å²) in [4.78, 5) is 16.0. The number of carbonyl (C=O) groups is 1. The van der Waals surface area contributed by atoms with Crippen LogP contribution >= 0.6 is 0 Å². The fourth-order valence-corrected chi connectivity index (χ4v) is 2.14. The van der Waals surface area contributed by atoms with E-state index in [0.29, 0.717) is 5.82 Å². The molecule has 19 heavy (non-hydrogen) atoms. The molecule has 0 bridgehead atoms. The predicted molar refractivity (Wildman–Crippen MR) is 74.1 cm³/mol. The van der Waals surface area contributed by atoms with Crippen LogP contribution in [0.5, 0.6) is 0 Å². The molecule has 2 aromatic heterocycles. The van der Waals surface area contributed by atoms with Crippen LogP contribution in [0.3, 0.4) is 0 Å². The second kappa shape index (κ2) is 4.53. The lowest BCUT2D eigenvalue weighted by Gasteiger charge is -2.04. The van der Waals surface area contributed by atoms with E-state index in [1.165, 1.54) is 0 Å². The Labute approximate surface area is 111 Å². The van der Waals surface area contributed by atoms with Gasteiger partial charge in [0.15, 0.2) is 5.82 Å². The van der Waals surface area contributed by atoms with Crippen molar-refractivity contribution < 1.29 is 4.79 Å². The summed E-state index contributed by atoms with van der Waals surface area (Å²) in [6.07, 6.45) is 3.73. The number of amides is 1. The number of aromatic nitrogens is 3. The molecule has 6 nitrogen and oxygen atoms in total. The number of hydrogen-bond acceptors (Lipinski definition) is 4. The van der Waals surface area contributed by atoms with E-state index in [2.05, 4.69) is 20.7 Å². The van der Waals surface area contributed by atoms with Crippen molar-refractivity contribution in [3.63, 3.8) is 0 Å². The average Bonchev–Trinajstić information content (AvgIpc) is 3.21. The molecule has 1 fully saturated rings. The monoisotopic (exact) mass is 259 g/mol. The minimum atomic E-state index is 0.0725. The third-order valence-corrected chi connectivity index (χ3v) is 3.37. The maximum Gasteiger partial charge on any atom is 0.228 e. The standard InChI is InChI=1S/C13H17N5O/c1-3-18-10-6-11(16-13(19)8-4-5-8)15-7-9(10)12(14-2)17-18/h6-8H,3-5H2,1-2H3,(H,14,17)(H,15,16,19). The van der Waals surface area contributed by atoms with Gasteiger partial charge >= 0.3 is 0 Å². The molecule has 0 saturated heterocycles. The van der Waals surface area contributed by atoms with Crippen molar-refractivity contribution in [1.82, 2.24) is 14.8 Å². The lowest BCUT2D eigenvalue weighted by molar-refractivity contribution is -0.117. The van der Waals surface area contributed by atoms with Gasteiger partial charge in [-0.1, -0.05) is 0 Å². The first-order valence-electron chi connectivity index (χ1n) is 6.58. The highest BCUT2D eigenvalue weighted by Crippen LogP contribution is 2.30. The summed E-state index contributed by atoms with van der Waals surface area (Å²) in [7, 11) is 1.84. The fourth-order valence-electron chi connectivity index (χ4n) is 2.14. The zero-order chi connectivity index (χ0) is 13.4. The van der Waals surface area contributed by atoms with Gasteiger partial charge in [-0.05, 0) is 19.8 Å². The van der Waals surface area contributed by atoms with E-state index >= 15 is 0 Å². The summed E-state index contributed by atoms with van der Waals surface area (Å²) >= 11 is 0. The molecule has 0 atom stereocenters. The van der Waals surface area contributed by atoms with Gasteiger partial charge in [0.05, 0.1) is 10.9 Å². The smallest absolute Gasteiger partial charge is 0.228 e. The van der Waals surface area contributed by atoms with Crippen LogP contribution < -0.4 is 10.6 Å². The van der Waals surface area contributed by atoms with Crippen LogP contribution in [0.2, 0.25) is 0 Å². The summed E-state index contributed by atoms with van der Waals surface area (Å²) in [5.74, 6) is 1.66. The van der Waals surface area contributed by atoms with E-state index in [9.17, 15) is 4.79 Å². The fraction of sp³-hybridized carbons (Fsp3) is 0.462. The zero-order valence-electron chi connectivity index (χ0n) is 11.1. The SMILES string of the molecule is CCn1nc(NC)c2cnc(NC(=O)C3CC3)cc21. The molecule has 3 rings (SSSR count). The Hall–Kier alpha value is -2.11. The largest absolute Gasteiger partial charge is 0.371 e. The van der Waals surface area contributed by atoms with Gasteiger partial charge < -0.3 is 10.6 Å². The number of carbonyl (C=O) groups excluding carboxylic acids is 1. The van der Waals surface area contributed by atoms with Crippen LogP contribution in [0, 0.1) is 5.92 Å². The Kier molecular flexibility index (Phi) is 2.85. The highest BCUT2D eigenvalue weighted by Gasteiger charge is 2.29. The zero-order valence-corrected chi connectivity index (χ0v) is 11.1. The van der Waals surface area contributed by atoms with E-state index in [4.69, 9.17) is 0 Å². The molecule has 100 valence electrons. The number of pyridine rings is 1. The van der Waals surface area contributed by atoms with Crippen molar-refractivity contribution >= 4 is 28.4 Å². The molecule has 0 spiro atoms. The minimum absolute atomic E-state index is 0.0725. The van der Waals surface area contributed by atoms with Gasteiger partial charge in [0, 0.05) is 31.8 Å². The molecule has 6 heteroatoms. The van der Waals surface area contributed by atoms with E-state index < -0.39 is 0 Å². The third-order valence-electron chi connectivity index (χ3n) is 3.37. The van der Waals surface area contributed by atoms with Gasteiger partial charge in [-0.15, -0.1) is 0 Å². The molecule has 1 aliphatic rings. The molecule has 2 heterocycles. The van der Waals surface area contributed by atoms with Gasteiger partial charge in [-0.3, -0.25) is 9.48 Å².